The average Bonchev–Trinajstić information content (AvgIpc) is 2.15. The van der Waals surface area contributed by atoms with Gasteiger partial charge in [0.25, 0.3) is 0 Å². The molecule has 0 radical (unpaired) electrons. The zero-order chi connectivity index (χ0) is 12.6. The Bertz CT molecular complexity index is 220. The van der Waals surface area contributed by atoms with Crippen molar-refractivity contribution in [2.75, 3.05) is 0 Å². The highest BCUT2D eigenvalue weighted by atomic mass is 19.4. The van der Waals surface area contributed by atoms with Crippen LogP contribution in [-0.2, 0) is 0 Å². The number of rotatable bonds is 7. The SMILES string of the molecule is CCC(CC#N)NC(C)CCCC(F)(F)F. The molecule has 0 saturated carbocycles. The molecule has 0 bridgehead atoms. The van der Waals surface area contributed by atoms with Crippen LogP contribution in [0.1, 0.15) is 46.0 Å². The third kappa shape index (κ3) is 8.54. The van der Waals surface area contributed by atoms with Gasteiger partial charge in [0.15, 0.2) is 0 Å². The normalized spacial score (nSPS) is 15.5. The quantitative estimate of drug-likeness (QED) is 0.735. The van der Waals surface area contributed by atoms with Crippen LogP contribution in [0.15, 0.2) is 0 Å². The number of nitrogens with one attached hydrogen (secondary N) is 1. The minimum absolute atomic E-state index is 0.0284. The van der Waals surface area contributed by atoms with Gasteiger partial charge >= 0.3 is 6.18 Å². The minimum Gasteiger partial charge on any atom is -0.310 e. The van der Waals surface area contributed by atoms with E-state index in [2.05, 4.69) is 11.4 Å². The molecule has 94 valence electrons. The Balaban J connectivity index is 3.73. The molecule has 0 aromatic heterocycles. The molecule has 0 spiro atoms. The summed E-state index contributed by atoms with van der Waals surface area (Å²) in [5.74, 6) is 0. The summed E-state index contributed by atoms with van der Waals surface area (Å²) in [5.41, 5.74) is 0. The van der Waals surface area contributed by atoms with E-state index in [4.69, 9.17) is 5.26 Å². The van der Waals surface area contributed by atoms with Crippen LogP contribution in [0.2, 0.25) is 0 Å². The van der Waals surface area contributed by atoms with Gasteiger partial charge in [-0.15, -0.1) is 0 Å². The molecule has 2 atom stereocenters. The van der Waals surface area contributed by atoms with Gasteiger partial charge in [0.2, 0.25) is 0 Å². The van der Waals surface area contributed by atoms with Crippen molar-refractivity contribution in [3.05, 3.63) is 0 Å². The predicted molar refractivity (Wildman–Crippen MR) is 56.8 cm³/mol. The summed E-state index contributed by atoms with van der Waals surface area (Å²) < 4.78 is 35.7. The molecule has 0 aromatic carbocycles. The van der Waals surface area contributed by atoms with Crippen molar-refractivity contribution in [1.29, 1.82) is 5.26 Å². The summed E-state index contributed by atoms with van der Waals surface area (Å²) in [4.78, 5) is 0. The maximum absolute atomic E-state index is 11.9. The second kappa shape index (κ2) is 7.50. The van der Waals surface area contributed by atoms with Gasteiger partial charge in [0.05, 0.1) is 12.5 Å². The van der Waals surface area contributed by atoms with Crippen LogP contribution >= 0.6 is 0 Å². The second-order valence-corrected chi connectivity index (χ2v) is 4.04. The van der Waals surface area contributed by atoms with Crippen molar-refractivity contribution in [2.45, 2.75) is 64.2 Å². The van der Waals surface area contributed by atoms with Crippen LogP contribution in [0.4, 0.5) is 13.2 Å². The maximum atomic E-state index is 11.9. The van der Waals surface area contributed by atoms with E-state index in [-0.39, 0.29) is 18.5 Å². The van der Waals surface area contributed by atoms with Crippen molar-refractivity contribution >= 4 is 0 Å². The zero-order valence-electron chi connectivity index (χ0n) is 9.77. The van der Waals surface area contributed by atoms with Crippen LogP contribution in [0.5, 0.6) is 0 Å². The van der Waals surface area contributed by atoms with Gasteiger partial charge in [0, 0.05) is 18.5 Å². The van der Waals surface area contributed by atoms with E-state index in [1.807, 2.05) is 13.8 Å². The number of hydrogen-bond donors (Lipinski definition) is 1. The Morgan fingerprint density at radius 2 is 2.00 bits per heavy atom. The van der Waals surface area contributed by atoms with E-state index < -0.39 is 12.6 Å². The molecule has 0 fully saturated rings. The van der Waals surface area contributed by atoms with Crippen LogP contribution in [0.3, 0.4) is 0 Å². The fourth-order valence-corrected chi connectivity index (χ4v) is 1.53. The van der Waals surface area contributed by atoms with Gasteiger partial charge in [-0.1, -0.05) is 6.92 Å². The Morgan fingerprint density at radius 3 is 2.44 bits per heavy atom. The fraction of sp³-hybridized carbons (Fsp3) is 0.909. The lowest BCUT2D eigenvalue weighted by Crippen LogP contribution is -2.36. The molecule has 0 aliphatic rings. The number of nitrogens with zero attached hydrogens (tertiary/aromatic N) is 1. The van der Waals surface area contributed by atoms with Crippen molar-refractivity contribution < 1.29 is 13.2 Å². The molecule has 0 saturated heterocycles. The largest absolute Gasteiger partial charge is 0.389 e. The van der Waals surface area contributed by atoms with E-state index in [1.165, 1.54) is 0 Å². The van der Waals surface area contributed by atoms with Crippen molar-refractivity contribution in [2.24, 2.45) is 0 Å². The molecule has 0 aliphatic carbocycles. The minimum atomic E-state index is -4.06. The zero-order valence-corrected chi connectivity index (χ0v) is 9.77. The lowest BCUT2D eigenvalue weighted by molar-refractivity contribution is -0.135. The van der Waals surface area contributed by atoms with Gasteiger partial charge in [-0.25, -0.2) is 0 Å². The lowest BCUT2D eigenvalue weighted by atomic mass is 10.1. The van der Waals surface area contributed by atoms with E-state index in [9.17, 15) is 13.2 Å². The Hall–Kier alpha value is -0.760. The molecule has 2 nitrogen and oxygen atoms in total. The van der Waals surface area contributed by atoms with Gasteiger partial charge in [-0.3, -0.25) is 0 Å². The van der Waals surface area contributed by atoms with Crippen LogP contribution in [0.25, 0.3) is 0 Å². The van der Waals surface area contributed by atoms with Crippen LogP contribution in [0, 0.1) is 11.3 Å². The van der Waals surface area contributed by atoms with Gasteiger partial charge in [-0.05, 0) is 26.2 Å². The molecule has 0 aliphatic heterocycles. The highest BCUT2D eigenvalue weighted by molar-refractivity contribution is 4.81. The highest BCUT2D eigenvalue weighted by Crippen LogP contribution is 2.22. The fourth-order valence-electron chi connectivity index (χ4n) is 1.53. The first-order valence-corrected chi connectivity index (χ1v) is 5.58. The highest BCUT2D eigenvalue weighted by Gasteiger charge is 2.26. The molecular formula is C11H19F3N2. The van der Waals surface area contributed by atoms with Crippen molar-refractivity contribution in [3.8, 4) is 6.07 Å². The van der Waals surface area contributed by atoms with Crippen molar-refractivity contribution in [3.63, 3.8) is 0 Å². The standard InChI is InChI=1S/C11H19F3N2/c1-3-10(6-8-15)16-9(2)5-4-7-11(12,13)14/h9-10,16H,3-7H2,1-2H3. The van der Waals surface area contributed by atoms with E-state index >= 15 is 0 Å². The van der Waals surface area contributed by atoms with Gasteiger partial charge < -0.3 is 5.32 Å². The topological polar surface area (TPSA) is 35.8 Å². The molecule has 2 unspecified atom stereocenters. The molecule has 0 aromatic rings. The number of hydrogen-bond acceptors (Lipinski definition) is 2. The summed E-state index contributed by atoms with van der Waals surface area (Å²) in [6.45, 7) is 3.81. The molecule has 0 amide bonds. The molecule has 1 N–H and O–H groups in total. The molecular weight excluding hydrogens is 217 g/mol. The molecule has 0 rings (SSSR count). The predicted octanol–water partition coefficient (Wildman–Crippen LogP) is 3.39. The summed E-state index contributed by atoms with van der Waals surface area (Å²) in [6.07, 6.45) is -2.94. The third-order valence-corrected chi connectivity index (χ3v) is 2.45. The summed E-state index contributed by atoms with van der Waals surface area (Å²) in [5, 5.41) is 11.7. The number of alkyl halides is 3. The smallest absolute Gasteiger partial charge is 0.310 e. The Labute approximate surface area is 94.8 Å². The van der Waals surface area contributed by atoms with E-state index in [0.29, 0.717) is 12.8 Å². The van der Waals surface area contributed by atoms with Crippen LogP contribution in [-0.4, -0.2) is 18.3 Å². The number of nitriles is 1. The first kappa shape index (κ1) is 15.2. The first-order chi connectivity index (χ1) is 7.39. The van der Waals surface area contributed by atoms with E-state index in [1.54, 1.807) is 0 Å². The summed E-state index contributed by atoms with van der Waals surface area (Å²) >= 11 is 0. The Morgan fingerprint density at radius 1 is 1.38 bits per heavy atom. The number of halogens is 3. The monoisotopic (exact) mass is 236 g/mol. The van der Waals surface area contributed by atoms with Gasteiger partial charge in [0.1, 0.15) is 0 Å². The van der Waals surface area contributed by atoms with Gasteiger partial charge in [-0.2, -0.15) is 18.4 Å². The average molecular weight is 236 g/mol. The molecule has 5 heteroatoms. The van der Waals surface area contributed by atoms with E-state index in [0.717, 1.165) is 6.42 Å². The summed E-state index contributed by atoms with van der Waals surface area (Å²) in [7, 11) is 0. The second-order valence-electron chi connectivity index (χ2n) is 4.04. The maximum Gasteiger partial charge on any atom is 0.389 e. The lowest BCUT2D eigenvalue weighted by Gasteiger charge is -2.20. The van der Waals surface area contributed by atoms with Crippen molar-refractivity contribution in [1.82, 2.24) is 5.32 Å². The first-order valence-electron chi connectivity index (χ1n) is 5.58. The van der Waals surface area contributed by atoms with Crippen LogP contribution < -0.4 is 5.32 Å². The Kier molecular flexibility index (Phi) is 7.15. The summed E-state index contributed by atoms with van der Waals surface area (Å²) in [6, 6.07) is 2.18. The molecule has 0 heterocycles. The third-order valence-electron chi connectivity index (χ3n) is 2.45. The molecule has 16 heavy (non-hydrogen) atoms.